The van der Waals surface area contributed by atoms with Crippen LogP contribution in [0.15, 0.2) is 24.3 Å². The molecule has 0 saturated heterocycles. The van der Waals surface area contributed by atoms with E-state index in [1.807, 2.05) is 0 Å². The van der Waals surface area contributed by atoms with E-state index in [9.17, 15) is 14.0 Å². The number of carboxylic acids is 1. The van der Waals surface area contributed by atoms with Crippen molar-refractivity contribution in [2.75, 3.05) is 5.32 Å². The number of carboxylic acid groups (broad SMARTS) is 1. The second kappa shape index (κ2) is 5.31. The molecule has 3 rings (SSSR count). The smallest absolute Gasteiger partial charge is 0.328 e. The Labute approximate surface area is 121 Å². The molecule has 21 heavy (non-hydrogen) atoms. The van der Waals surface area contributed by atoms with Crippen molar-refractivity contribution in [3.8, 4) is 0 Å². The largest absolute Gasteiger partial charge is 0.478 e. The molecule has 0 radical (unpaired) electrons. The van der Waals surface area contributed by atoms with Crippen LogP contribution in [-0.2, 0) is 9.59 Å². The van der Waals surface area contributed by atoms with Gasteiger partial charge in [-0.2, -0.15) is 0 Å². The number of nitrogens with one attached hydrogen (secondary N) is 1. The van der Waals surface area contributed by atoms with Crippen LogP contribution < -0.4 is 5.32 Å². The number of fused-ring (bicyclic) bond motifs is 1. The van der Waals surface area contributed by atoms with Gasteiger partial charge in [0.15, 0.2) is 0 Å². The molecule has 2 unspecified atom stereocenters. The maximum atomic E-state index is 13.6. The Kier molecular flexibility index (Phi) is 3.49. The highest BCUT2D eigenvalue weighted by atomic mass is 19.1. The lowest BCUT2D eigenvalue weighted by Crippen LogP contribution is -2.21. The highest BCUT2D eigenvalue weighted by Gasteiger charge is 2.47. The predicted molar refractivity (Wildman–Crippen MR) is 76.0 cm³/mol. The van der Waals surface area contributed by atoms with Crippen molar-refractivity contribution in [2.24, 2.45) is 17.8 Å². The van der Waals surface area contributed by atoms with Crippen LogP contribution in [0.4, 0.5) is 10.1 Å². The maximum Gasteiger partial charge on any atom is 0.328 e. The molecule has 2 aliphatic rings. The zero-order chi connectivity index (χ0) is 15.0. The van der Waals surface area contributed by atoms with Crippen LogP contribution >= 0.6 is 0 Å². The van der Waals surface area contributed by atoms with Crippen LogP contribution in [0.1, 0.15) is 24.8 Å². The minimum Gasteiger partial charge on any atom is -0.478 e. The molecule has 2 N–H and O–H groups in total. The van der Waals surface area contributed by atoms with Crippen molar-refractivity contribution in [3.63, 3.8) is 0 Å². The molecular weight excluding hydrogens is 273 g/mol. The molecule has 1 aromatic rings. The van der Waals surface area contributed by atoms with Crippen LogP contribution in [-0.4, -0.2) is 17.0 Å². The molecule has 110 valence electrons. The van der Waals surface area contributed by atoms with Gasteiger partial charge in [0, 0.05) is 23.2 Å². The Balaban J connectivity index is 1.68. The highest BCUT2D eigenvalue weighted by Crippen LogP contribution is 2.54. The third-order valence-corrected chi connectivity index (χ3v) is 4.28. The summed E-state index contributed by atoms with van der Waals surface area (Å²) >= 11 is 0. The van der Waals surface area contributed by atoms with Gasteiger partial charge in [-0.05, 0) is 55.4 Å². The lowest BCUT2D eigenvalue weighted by molar-refractivity contribution is -0.131. The number of hydrogen-bond acceptors (Lipinski definition) is 2. The van der Waals surface area contributed by atoms with E-state index in [2.05, 4.69) is 5.32 Å². The SMILES string of the molecule is O=C(O)/C=C/c1cc(NC(=O)C2CC3CC3C2)ccc1F. The minimum absolute atomic E-state index is 0.0260. The van der Waals surface area contributed by atoms with Crippen molar-refractivity contribution < 1.29 is 19.1 Å². The third kappa shape index (κ3) is 3.12. The van der Waals surface area contributed by atoms with E-state index in [0.29, 0.717) is 5.69 Å². The first-order valence-corrected chi connectivity index (χ1v) is 7.04. The van der Waals surface area contributed by atoms with Crippen molar-refractivity contribution in [1.82, 2.24) is 0 Å². The van der Waals surface area contributed by atoms with E-state index >= 15 is 0 Å². The fourth-order valence-corrected chi connectivity index (χ4v) is 3.08. The molecule has 2 aliphatic carbocycles. The average Bonchev–Trinajstić information content (AvgIpc) is 3.05. The lowest BCUT2D eigenvalue weighted by atomic mass is 10.0. The summed E-state index contributed by atoms with van der Waals surface area (Å²) in [7, 11) is 0. The van der Waals surface area contributed by atoms with Gasteiger partial charge < -0.3 is 10.4 Å². The lowest BCUT2D eigenvalue weighted by Gasteiger charge is -2.12. The van der Waals surface area contributed by atoms with E-state index in [1.165, 1.54) is 30.7 Å². The number of benzene rings is 1. The zero-order valence-corrected chi connectivity index (χ0v) is 11.4. The standard InChI is InChI=1S/C16H16FNO3/c17-14-3-2-13(8-9(14)1-4-15(19)20)18-16(21)12-6-10-5-11(10)7-12/h1-4,8,10-12H,5-7H2,(H,18,21)(H,19,20)/b4-1+. The summed E-state index contributed by atoms with van der Waals surface area (Å²) in [5, 5.41) is 11.4. The molecule has 0 bridgehead atoms. The average molecular weight is 289 g/mol. The number of hydrogen-bond donors (Lipinski definition) is 2. The number of anilines is 1. The molecule has 2 fully saturated rings. The van der Waals surface area contributed by atoms with Gasteiger partial charge in [0.1, 0.15) is 5.82 Å². The fraction of sp³-hybridized carbons (Fsp3) is 0.375. The zero-order valence-electron chi connectivity index (χ0n) is 11.4. The van der Waals surface area contributed by atoms with E-state index in [4.69, 9.17) is 5.11 Å². The molecular formula is C16H16FNO3. The van der Waals surface area contributed by atoms with Crippen molar-refractivity contribution >= 4 is 23.6 Å². The second-order valence-electron chi connectivity index (χ2n) is 5.82. The quantitative estimate of drug-likeness (QED) is 0.838. The monoisotopic (exact) mass is 289 g/mol. The fourth-order valence-electron chi connectivity index (χ4n) is 3.08. The number of amides is 1. The molecule has 1 amide bonds. The van der Waals surface area contributed by atoms with Gasteiger partial charge in [0.25, 0.3) is 0 Å². The van der Waals surface area contributed by atoms with E-state index in [-0.39, 0.29) is 17.4 Å². The van der Waals surface area contributed by atoms with Crippen LogP contribution in [0.2, 0.25) is 0 Å². The normalized spacial score (nSPS) is 26.6. The number of carbonyl (C=O) groups is 2. The van der Waals surface area contributed by atoms with Gasteiger partial charge >= 0.3 is 5.97 Å². The van der Waals surface area contributed by atoms with Gasteiger partial charge in [0.05, 0.1) is 0 Å². The second-order valence-corrected chi connectivity index (χ2v) is 5.82. The van der Waals surface area contributed by atoms with Gasteiger partial charge in [-0.1, -0.05) is 0 Å². The highest BCUT2D eigenvalue weighted by molar-refractivity contribution is 5.93. The first-order valence-electron chi connectivity index (χ1n) is 7.04. The van der Waals surface area contributed by atoms with Gasteiger partial charge in [0.2, 0.25) is 5.91 Å². The summed E-state index contributed by atoms with van der Waals surface area (Å²) in [5.74, 6) is -0.188. The first kappa shape index (κ1) is 13.8. The van der Waals surface area contributed by atoms with Crippen molar-refractivity contribution in [1.29, 1.82) is 0 Å². The summed E-state index contributed by atoms with van der Waals surface area (Å²) in [5.41, 5.74) is 0.636. The van der Waals surface area contributed by atoms with E-state index in [0.717, 1.165) is 30.8 Å². The molecule has 1 aromatic carbocycles. The molecule has 4 nitrogen and oxygen atoms in total. The van der Waals surface area contributed by atoms with Gasteiger partial charge in [-0.15, -0.1) is 0 Å². The maximum absolute atomic E-state index is 13.6. The first-order chi connectivity index (χ1) is 10.0. The molecule has 2 atom stereocenters. The minimum atomic E-state index is -1.14. The summed E-state index contributed by atoms with van der Waals surface area (Å²) in [6, 6.07) is 4.16. The topological polar surface area (TPSA) is 66.4 Å². The predicted octanol–water partition coefficient (Wildman–Crippen LogP) is 2.91. The molecule has 0 heterocycles. The Morgan fingerprint density at radius 3 is 2.62 bits per heavy atom. The molecule has 2 saturated carbocycles. The van der Waals surface area contributed by atoms with Crippen molar-refractivity contribution in [3.05, 3.63) is 35.7 Å². The summed E-state index contributed by atoms with van der Waals surface area (Å²) in [4.78, 5) is 22.6. The third-order valence-electron chi connectivity index (χ3n) is 4.28. The summed E-state index contributed by atoms with van der Waals surface area (Å²) in [6.45, 7) is 0. The van der Waals surface area contributed by atoms with Crippen LogP contribution in [0.5, 0.6) is 0 Å². The van der Waals surface area contributed by atoms with Crippen LogP contribution in [0, 0.1) is 23.6 Å². The molecule has 0 spiro atoms. The number of rotatable bonds is 4. The molecule has 5 heteroatoms. The van der Waals surface area contributed by atoms with Crippen LogP contribution in [0.25, 0.3) is 6.08 Å². The summed E-state index contributed by atoms with van der Waals surface area (Å²) in [6.07, 6.45) is 5.20. The number of aliphatic carboxylic acids is 1. The Morgan fingerprint density at radius 2 is 1.95 bits per heavy atom. The van der Waals surface area contributed by atoms with Crippen LogP contribution in [0.3, 0.4) is 0 Å². The van der Waals surface area contributed by atoms with Crippen molar-refractivity contribution in [2.45, 2.75) is 19.3 Å². The molecule has 0 aromatic heterocycles. The number of halogens is 1. The molecule has 0 aliphatic heterocycles. The summed E-state index contributed by atoms with van der Waals surface area (Å²) < 4.78 is 13.6. The van der Waals surface area contributed by atoms with E-state index in [1.54, 1.807) is 0 Å². The van der Waals surface area contributed by atoms with Gasteiger partial charge in [-0.25, -0.2) is 9.18 Å². The Morgan fingerprint density at radius 1 is 1.24 bits per heavy atom. The van der Waals surface area contributed by atoms with E-state index < -0.39 is 11.8 Å². The Bertz CT molecular complexity index is 616. The number of carbonyl (C=O) groups excluding carboxylic acids is 1. The van der Waals surface area contributed by atoms with Gasteiger partial charge in [-0.3, -0.25) is 4.79 Å². The Hall–Kier alpha value is -2.17.